The van der Waals surface area contributed by atoms with Crippen LogP contribution in [0, 0.1) is 20.8 Å². The van der Waals surface area contributed by atoms with E-state index in [1.165, 1.54) is 11.1 Å². The molecule has 0 saturated carbocycles. The van der Waals surface area contributed by atoms with Crippen LogP contribution in [0.1, 0.15) is 22.6 Å². The number of nitrogens with one attached hydrogen (secondary N) is 1. The summed E-state index contributed by atoms with van der Waals surface area (Å²) in [7, 11) is 0. The summed E-state index contributed by atoms with van der Waals surface area (Å²) in [5, 5.41) is 13.5. The minimum Gasteiger partial charge on any atom is -0.390 e. The SMILES string of the molecule is Cc1nccc(CNC[C@H](O)Cn2cnc3cc(C)c(C)cc32)n1. The van der Waals surface area contributed by atoms with E-state index in [2.05, 4.69) is 46.2 Å². The van der Waals surface area contributed by atoms with Crippen molar-refractivity contribution in [1.29, 1.82) is 0 Å². The van der Waals surface area contributed by atoms with Gasteiger partial charge in [-0.3, -0.25) is 0 Å². The highest BCUT2D eigenvalue weighted by Crippen LogP contribution is 2.18. The highest BCUT2D eigenvalue weighted by Gasteiger charge is 2.10. The molecule has 1 aromatic carbocycles. The Morgan fingerprint density at radius 1 is 1.17 bits per heavy atom. The number of aromatic nitrogens is 4. The molecule has 0 spiro atoms. The highest BCUT2D eigenvalue weighted by atomic mass is 16.3. The molecule has 126 valence electrons. The lowest BCUT2D eigenvalue weighted by Crippen LogP contribution is -2.30. The van der Waals surface area contributed by atoms with Gasteiger partial charge in [-0.05, 0) is 50.1 Å². The molecule has 6 heteroatoms. The third-order valence-corrected chi connectivity index (χ3v) is 4.16. The quantitative estimate of drug-likeness (QED) is 0.724. The number of hydrogen-bond donors (Lipinski definition) is 2. The zero-order valence-corrected chi connectivity index (χ0v) is 14.3. The molecule has 0 amide bonds. The topological polar surface area (TPSA) is 75.9 Å². The van der Waals surface area contributed by atoms with Gasteiger partial charge in [-0.1, -0.05) is 0 Å². The second-order valence-corrected chi connectivity index (χ2v) is 6.20. The Kier molecular flexibility index (Phi) is 4.87. The molecule has 3 aromatic rings. The Hall–Kier alpha value is -2.31. The van der Waals surface area contributed by atoms with Crippen LogP contribution in [0.3, 0.4) is 0 Å². The van der Waals surface area contributed by atoms with Gasteiger partial charge in [-0.2, -0.15) is 0 Å². The van der Waals surface area contributed by atoms with Gasteiger partial charge >= 0.3 is 0 Å². The van der Waals surface area contributed by atoms with E-state index in [9.17, 15) is 5.11 Å². The van der Waals surface area contributed by atoms with Crippen molar-refractivity contribution in [2.75, 3.05) is 6.54 Å². The molecule has 24 heavy (non-hydrogen) atoms. The van der Waals surface area contributed by atoms with Crippen LogP contribution in [0.2, 0.25) is 0 Å². The summed E-state index contributed by atoms with van der Waals surface area (Å²) in [6.07, 6.45) is 3.05. The lowest BCUT2D eigenvalue weighted by molar-refractivity contribution is 0.152. The number of aryl methyl sites for hydroxylation is 3. The van der Waals surface area contributed by atoms with E-state index in [1.807, 2.05) is 17.6 Å². The van der Waals surface area contributed by atoms with E-state index in [4.69, 9.17) is 0 Å². The molecule has 0 aliphatic carbocycles. The number of benzene rings is 1. The molecule has 2 N–H and O–H groups in total. The summed E-state index contributed by atoms with van der Waals surface area (Å²) < 4.78 is 2.00. The Morgan fingerprint density at radius 2 is 1.96 bits per heavy atom. The maximum absolute atomic E-state index is 10.3. The molecule has 6 nitrogen and oxygen atoms in total. The third-order valence-electron chi connectivity index (χ3n) is 4.16. The molecular formula is C18H23N5O. The number of hydrogen-bond acceptors (Lipinski definition) is 5. The van der Waals surface area contributed by atoms with Crippen LogP contribution in [0.5, 0.6) is 0 Å². The van der Waals surface area contributed by atoms with Crippen LogP contribution >= 0.6 is 0 Å². The standard InChI is InChI=1S/C18H23N5O/c1-12-6-17-18(7-13(12)2)23(11-21-17)10-16(24)9-19-8-15-4-5-20-14(3)22-15/h4-7,11,16,19,24H,8-10H2,1-3H3/t16-/m0/s1. The van der Waals surface area contributed by atoms with Crippen LogP contribution in [-0.4, -0.2) is 37.3 Å². The van der Waals surface area contributed by atoms with Gasteiger partial charge in [0.25, 0.3) is 0 Å². The number of nitrogens with zero attached hydrogens (tertiary/aromatic N) is 4. The summed E-state index contributed by atoms with van der Waals surface area (Å²) in [6, 6.07) is 6.09. The van der Waals surface area contributed by atoms with Gasteiger partial charge in [0, 0.05) is 19.3 Å². The van der Waals surface area contributed by atoms with Crippen LogP contribution in [-0.2, 0) is 13.1 Å². The predicted molar refractivity (Wildman–Crippen MR) is 93.7 cm³/mol. The second kappa shape index (κ2) is 7.07. The smallest absolute Gasteiger partial charge is 0.125 e. The van der Waals surface area contributed by atoms with Crippen LogP contribution < -0.4 is 5.32 Å². The van der Waals surface area contributed by atoms with Crippen LogP contribution in [0.25, 0.3) is 11.0 Å². The highest BCUT2D eigenvalue weighted by molar-refractivity contribution is 5.77. The number of aliphatic hydroxyl groups excluding tert-OH is 1. The second-order valence-electron chi connectivity index (χ2n) is 6.20. The maximum Gasteiger partial charge on any atom is 0.125 e. The lowest BCUT2D eigenvalue weighted by Gasteiger charge is -2.13. The van der Waals surface area contributed by atoms with E-state index in [-0.39, 0.29) is 0 Å². The lowest BCUT2D eigenvalue weighted by atomic mass is 10.1. The molecule has 0 aliphatic heterocycles. The molecule has 2 aromatic heterocycles. The Balaban J connectivity index is 1.59. The van der Waals surface area contributed by atoms with E-state index in [0.29, 0.717) is 19.6 Å². The van der Waals surface area contributed by atoms with Gasteiger partial charge in [-0.15, -0.1) is 0 Å². The van der Waals surface area contributed by atoms with E-state index in [1.54, 1.807) is 12.5 Å². The molecule has 0 unspecified atom stereocenters. The molecule has 0 radical (unpaired) electrons. The van der Waals surface area contributed by atoms with Crippen LogP contribution in [0.4, 0.5) is 0 Å². The molecule has 1 atom stereocenters. The van der Waals surface area contributed by atoms with E-state index in [0.717, 1.165) is 22.6 Å². The summed E-state index contributed by atoms with van der Waals surface area (Å²) in [4.78, 5) is 12.8. The zero-order valence-electron chi connectivity index (χ0n) is 14.3. The minimum atomic E-state index is -0.494. The van der Waals surface area contributed by atoms with Gasteiger partial charge in [0.05, 0.1) is 35.7 Å². The van der Waals surface area contributed by atoms with Crippen molar-refractivity contribution >= 4 is 11.0 Å². The molecule has 0 fully saturated rings. The number of aliphatic hydroxyl groups is 1. The molecule has 2 heterocycles. The number of rotatable bonds is 6. The first-order valence-electron chi connectivity index (χ1n) is 8.12. The van der Waals surface area contributed by atoms with Crippen molar-refractivity contribution in [2.24, 2.45) is 0 Å². The summed E-state index contributed by atoms with van der Waals surface area (Å²) >= 11 is 0. The minimum absolute atomic E-state index is 0.494. The van der Waals surface area contributed by atoms with Crippen molar-refractivity contribution < 1.29 is 5.11 Å². The van der Waals surface area contributed by atoms with Gasteiger partial charge in [0.15, 0.2) is 0 Å². The fraction of sp³-hybridized carbons (Fsp3) is 0.389. The van der Waals surface area contributed by atoms with E-state index < -0.39 is 6.10 Å². The summed E-state index contributed by atoms with van der Waals surface area (Å²) in [5.41, 5.74) is 5.42. The van der Waals surface area contributed by atoms with E-state index >= 15 is 0 Å². The average molecular weight is 325 g/mol. The fourth-order valence-electron chi connectivity index (χ4n) is 2.72. The summed E-state index contributed by atoms with van der Waals surface area (Å²) in [6.45, 7) is 7.66. The molecule has 0 aliphatic rings. The first-order chi connectivity index (χ1) is 11.5. The maximum atomic E-state index is 10.3. The third kappa shape index (κ3) is 3.77. The van der Waals surface area contributed by atoms with Gasteiger partial charge in [0.2, 0.25) is 0 Å². The molecule has 0 bridgehead atoms. The van der Waals surface area contributed by atoms with Gasteiger partial charge < -0.3 is 15.0 Å². The first kappa shape index (κ1) is 16.5. The molecule has 3 rings (SSSR count). The zero-order chi connectivity index (χ0) is 17.1. The van der Waals surface area contributed by atoms with Gasteiger partial charge in [0.1, 0.15) is 5.82 Å². The molecular weight excluding hydrogens is 302 g/mol. The van der Waals surface area contributed by atoms with Crippen molar-refractivity contribution in [3.63, 3.8) is 0 Å². The Labute approximate surface area is 141 Å². The van der Waals surface area contributed by atoms with Crippen molar-refractivity contribution in [2.45, 2.75) is 40.0 Å². The fourth-order valence-corrected chi connectivity index (χ4v) is 2.72. The van der Waals surface area contributed by atoms with Crippen molar-refractivity contribution in [3.8, 4) is 0 Å². The Bertz CT molecular complexity index is 843. The van der Waals surface area contributed by atoms with Gasteiger partial charge in [-0.25, -0.2) is 15.0 Å². The Morgan fingerprint density at radius 3 is 2.75 bits per heavy atom. The summed E-state index contributed by atoms with van der Waals surface area (Å²) in [5.74, 6) is 0.755. The monoisotopic (exact) mass is 325 g/mol. The normalized spacial score (nSPS) is 12.7. The first-order valence-corrected chi connectivity index (χ1v) is 8.12. The van der Waals surface area contributed by atoms with Crippen molar-refractivity contribution in [1.82, 2.24) is 24.8 Å². The number of fused-ring (bicyclic) bond motifs is 1. The van der Waals surface area contributed by atoms with Crippen LogP contribution in [0.15, 0.2) is 30.7 Å². The van der Waals surface area contributed by atoms with Crippen molar-refractivity contribution in [3.05, 3.63) is 53.4 Å². The largest absolute Gasteiger partial charge is 0.390 e. The predicted octanol–water partition coefficient (Wildman–Crippen LogP) is 1.90. The average Bonchev–Trinajstić information content (AvgIpc) is 2.90. The number of imidazole rings is 1. The molecule has 0 saturated heterocycles.